The minimum absolute atomic E-state index is 0.0179. The number of ether oxygens (including phenoxy) is 1. The molecule has 1 fully saturated rings. The third kappa shape index (κ3) is 2.04. The topological polar surface area (TPSA) is 140 Å². The van der Waals surface area contributed by atoms with Crippen LogP contribution in [0.5, 0.6) is 0 Å². The molecule has 19 heavy (non-hydrogen) atoms. The van der Waals surface area contributed by atoms with Crippen molar-refractivity contribution in [3.05, 3.63) is 32.9 Å². The largest absolute Gasteiger partial charge is 0.394 e. The lowest BCUT2D eigenvalue weighted by molar-refractivity contribution is -0.0558. The van der Waals surface area contributed by atoms with Crippen molar-refractivity contribution in [2.24, 2.45) is 0 Å². The standard InChI is InChI=1S/C9H12FN3O6/c10-3-1-12(9(18)13(11)7(3)17)8-6(16)5(15)4(2-14)19-8/h1,4-6,8,14-16H,2,11H2/t4-,5-,6-,8-/m1/s1. The molecule has 1 aromatic rings. The quantitative estimate of drug-likeness (QED) is 0.411. The van der Waals surface area contributed by atoms with Gasteiger partial charge in [-0.25, -0.2) is 4.79 Å². The van der Waals surface area contributed by atoms with E-state index in [0.29, 0.717) is 10.8 Å². The summed E-state index contributed by atoms with van der Waals surface area (Å²) in [6.45, 7) is -0.603. The number of hydrogen-bond donors (Lipinski definition) is 4. The fourth-order valence-electron chi connectivity index (χ4n) is 1.85. The molecule has 0 aliphatic carbocycles. The number of rotatable bonds is 2. The van der Waals surface area contributed by atoms with E-state index < -0.39 is 48.2 Å². The van der Waals surface area contributed by atoms with Crippen molar-refractivity contribution >= 4 is 0 Å². The fourth-order valence-corrected chi connectivity index (χ4v) is 1.85. The molecule has 0 spiro atoms. The Kier molecular flexibility index (Phi) is 3.41. The number of nitrogens with zero attached hydrogens (tertiary/aromatic N) is 2. The smallest absolute Gasteiger partial charge is 0.352 e. The molecule has 10 heteroatoms. The van der Waals surface area contributed by atoms with Crippen molar-refractivity contribution in [2.75, 3.05) is 12.4 Å². The first kappa shape index (κ1) is 13.7. The van der Waals surface area contributed by atoms with Crippen molar-refractivity contribution in [1.82, 2.24) is 9.24 Å². The van der Waals surface area contributed by atoms with Gasteiger partial charge in [-0.3, -0.25) is 9.36 Å². The summed E-state index contributed by atoms with van der Waals surface area (Å²) in [5.41, 5.74) is -2.45. The number of hydrogen-bond acceptors (Lipinski definition) is 7. The Morgan fingerprint density at radius 2 is 2.00 bits per heavy atom. The molecule has 1 aromatic heterocycles. The first-order valence-electron chi connectivity index (χ1n) is 5.29. The molecule has 1 aliphatic heterocycles. The molecule has 1 saturated heterocycles. The van der Waals surface area contributed by atoms with Crippen LogP contribution < -0.4 is 17.1 Å². The minimum atomic E-state index is -1.58. The number of nitrogens with two attached hydrogens (primary N) is 1. The van der Waals surface area contributed by atoms with Gasteiger partial charge in [-0.05, 0) is 0 Å². The Hall–Kier alpha value is -1.75. The summed E-state index contributed by atoms with van der Waals surface area (Å²) < 4.78 is 18.8. The van der Waals surface area contributed by atoms with Crippen LogP contribution in [0, 0.1) is 5.82 Å². The first-order valence-corrected chi connectivity index (χ1v) is 5.29. The van der Waals surface area contributed by atoms with Crippen LogP contribution in [0.1, 0.15) is 6.23 Å². The van der Waals surface area contributed by atoms with E-state index >= 15 is 0 Å². The highest BCUT2D eigenvalue weighted by Gasteiger charge is 2.44. The molecule has 9 nitrogen and oxygen atoms in total. The van der Waals surface area contributed by atoms with Gasteiger partial charge in [0.25, 0.3) is 0 Å². The van der Waals surface area contributed by atoms with E-state index in [9.17, 15) is 24.2 Å². The molecule has 0 aromatic carbocycles. The van der Waals surface area contributed by atoms with E-state index in [2.05, 4.69) is 0 Å². The average molecular weight is 277 g/mol. The summed E-state index contributed by atoms with van der Waals surface area (Å²) in [5, 5.41) is 28.1. The monoisotopic (exact) mass is 277 g/mol. The van der Waals surface area contributed by atoms with Gasteiger partial charge in [0.15, 0.2) is 6.23 Å². The van der Waals surface area contributed by atoms with E-state index in [1.54, 1.807) is 0 Å². The lowest BCUT2D eigenvalue weighted by Gasteiger charge is -2.17. The Bertz CT molecular complexity index is 599. The van der Waals surface area contributed by atoms with E-state index in [1.807, 2.05) is 0 Å². The number of aliphatic hydroxyl groups excluding tert-OH is 3. The predicted molar refractivity (Wildman–Crippen MR) is 58.1 cm³/mol. The summed E-state index contributed by atoms with van der Waals surface area (Å²) in [6.07, 6.45) is -5.10. The van der Waals surface area contributed by atoms with Gasteiger partial charge in [0.05, 0.1) is 12.8 Å². The number of nitrogen functional groups attached to an aromatic ring is 1. The van der Waals surface area contributed by atoms with Crippen LogP contribution >= 0.6 is 0 Å². The molecule has 1 aliphatic rings. The van der Waals surface area contributed by atoms with Crippen LogP contribution in [0.15, 0.2) is 15.8 Å². The second kappa shape index (κ2) is 4.74. The van der Waals surface area contributed by atoms with Crippen molar-refractivity contribution in [1.29, 1.82) is 0 Å². The minimum Gasteiger partial charge on any atom is -0.394 e. The van der Waals surface area contributed by atoms with Gasteiger partial charge in [0.1, 0.15) is 18.3 Å². The Labute approximate surface area is 104 Å². The zero-order chi connectivity index (χ0) is 14.3. The van der Waals surface area contributed by atoms with Gasteiger partial charge in [0.2, 0.25) is 5.82 Å². The van der Waals surface area contributed by atoms with E-state index in [4.69, 9.17) is 15.7 Å². The third-order valence-electron chi connectivity index (χ3n) is 2.89. The van der Waals surface area contributed by atoms with Gasteiger partial charge in [0, 0.05) is 0 Å². The summed E-state index contributed by atoms with van der Waals surface area (Å²) in [7, 11) is 0. The highest BCUT2D eigenvalue weighted by molar-refractivity contribution is 4.96. The van der Waals surface area contributed by atoms with Gasteiger partial charge in [-0.15, -0.1) is 0 Å². The van der Waals surface area contributed by atoms with Gasteiger partial charge >= 0.3 is 11.2 Å². The molecule has 0 bridgehead atoms. The van der Waals surface area contributed by atoms with Crippen LogP contribution in [0.3, 0.4) is 0 Å². The maximum absolute atomic E-state index is 13.3. The zero-order valence-corrected chi connectivity index (χ0v) is 9.51. The summed E-state index contributed by atoms with van der Waals surface area (Å²) in [5.74, 6) is 3.76. The molecule has 5 N–H and O–H groups in total. The van der Waals surface area contributed by atoms with Crippen LogP contribution in [0.25, 0.3) is 0 Å². The Morgan fingerprint density at radius 1 is 1.37 bits per heavy atom. The highest BCUT2D eigenvalue weighted by Crippen LogP contribution is 2.27. The average Bonchev–Trinajstić information content (AvgIpc) is 2.68. The van der Waals surface area contributed by atoms with E-state index in [-0.39, 0.29) is 4.68 Å². The normalized spacial score (nSPS) is 30.7. The van der Waals surface area contributed by atoms with Crippen LogP contribution in [-0.4, -0.2) is 49.5 Å². The highest BCUT2D eigenvalue weighted by atomic mass is 19.1. The maximum Gasteiger partial charge on any atom is 0.352 e. The number of aromatic nitrogens is 2. The molecule has 0 radical (unpaired) electrons. The van der Waals surface area contributed by atoms with Crippen molar-refractivity contribution in [3.63, 3.8) is 0 Å². The molecular weight excluding hydrogens is 265 g/mol. The second-order valence-corrected chi connectivity index (χ2v) is 4.07. The van der Waals surface area contributed by atoms with E-state index in [0.717, 1.165) is 0 Å². The summed E-state index contributed by atoms with van der Waals surface area (Å²) >= 11 is 0. The lowest BCUT2D eigenvalue weighted by Crippen LogP contribution is -2.48. The van der Waals surface area contributed by atoms with Gasteiger partial charge < -0.3 is 25.9 Å². The molecular formula is C9H12FN3O6. The maximum atomic E-state index is 13.3. The molecule has 0 saturated carbocycles. The predicted octanol–water partition coefficient (Wildman–Crippen LogP) is -3.53. The summed E-state index contributed by atoms with van der Waals surface area (Å²) in [6, 6.07) is 0. The Balaban J connectivity index is 2.50. The Morgan fingerprint density at radius 3 is 2.53 bits per heavy atom. The molecule has 2 heterocycles. The second-order valence-electron chi connectivity index (χ2n) is 4.07. The van der Waals surface area contributed by atoms with Crippen LogP contribution in [0.4, 0.5) is 4.39 Å². The molecule has 0 amide bonds. The summed E-state index contributed by atoms with van der Waals surface area (Å²) in [4.78, 5) is 22.8. The van der Waals surface area contributed by atoms with Gasteiger partial charge in [-0.1, -0.05) is 0 Å². The molecule has 2 rings (SSSR count). The fraction of sp³-hybridized carbons (Fsp3) is 0.556. The lowest BCUT2D eigenvalue weighted by atomic mass is 10.1. The van der Waals surface area contributed by atoms with Crippen molar-refractivity contribution in [2.45, 2.75) is 24.5 Å². The zero-order valence-electron chi connectivity index (χ0n) is 9.51. The van der Waals surface area contributed by atoms with E-state index in [1.165, 1.54) is 0 Å². The molecule has 106 valence electrons. The van der Waals surface area contributed by atoms with Crippen molar-refractivity contribution in [3.8, 4) is 0 Å². The SMILES string of the molecule is Nn1c(=O)c(F)cn([C@@H]2O[C@H](CO)[C@@H](O)[C@H]2O)c1=O. The van der Waals surface area contributed by atoms with Crippen molar-refractivity contribution < 1.29 is 24.4 Å². The molecule has 4 atom stereocenters. The first-order chi connectivity index (χ1) is 8.88. The number of halogens is 1. The van der Waals surface area contributed by atoms with Crippen LogP contribution in [-0.2, 0) is 4.74 Å². The third-order valence-corrected chi connectivity index (χ3v) is 2.89. The van der Waals surface area contributed by atoms with Crippen LogP contribution in [0.2, 0.25) is 0 Å². The molecule has 0 unspecified atom stereocenters. The van der Waals surface area contributed by atoms with Gasteiger partial charge in [-0.2, -0.15) is 9.07 Å². The number of aliphatic hydroxyl groups is 3.